The summed E-state index contributed by atoms with van der Waals surface area (Å²) >= 11 is 0. The van der Waals surface area contributed by atoms with E-state index in [0.29, 0.717) is 0 Å². The summed E-state index contributed by atoms with van der Waals surface area (Å²) in [6.45, 7) is 6.12. The minimum Gasteiger partial charge on any atom is -0.330 e. The van der Waals surface area contributed by atoms with Crippen LogP contribution in [0.5, 0.6) is 0 Å². The van der Waals surface area contributed by atoms with Crippen LogP contribution in [0.15, 0.2) is 30.3 Å². The molecule has 0 aliphatic rings. The van der Waals surface area contributed by atoms with Gasteiger partial charge in [0.15, 0.2) is 0 Å². The Morgan fingerprint density at radius 1 is 1.18 bits per heavy atom. The maximum Gasteiger partial charge on any atom is 0.406 e. The summed E-state index contributed by atoms with van der Waals surface area (Å²) in [5.74, 6) is -0.631. The van der Waals surface area contributed by atoms with Crippen molar-refractivity contribution in [1.29, 1.82) is 0 Å². The lowest BCUT2D eigenvalue weighted by Gasteiger charge is -2.29. The molecule has 1 aromatic rings. The second kappa shape index (κ2) is 6.99. The van der Waals surface area contributed by atoms with Crippen molar-refractivity contribution < 1.29 is 18.0 Å². The number of benzene rings is 1. The van der Waals surface area contributed by atoms with Gasteiger partial charge in [-0.05, 0) is 24.0 Å². The lowest BCUT2D eigenvalue weighted by molar-refractivity contribution is -0.160. The van der Waals surface area contributed by atoms with Crippen molar-refractivity contribution in [3.63, 3.8) is 0 Å². The van der Waals surface area contributed by atoms with Gasteiger partial charge in [0.1, 0.15) is 6.54 Å². The Kier molecular flexibility index (Phi) is 5.80. The van der Waals surface area contributed by atoms with E-state index in [1.54, 1.807) is 32.9 Å². The van der Waals surface area contributed by atoms with Crippen molar-refractivity contribution in [2.24, 2.45) is 5.41 Å². The highest BCUT2D eigenvalue weighted by molar-refractivity contribution is 5.91. The maximum absolute atomic E-state index is 12.6. The first-order chi connectivity index (χ1) is 9.96. The molecule has 0 unspecified atom stereocenters. The minimum absolute atomic E-state index is 0.0451. The third-order valence-corrected chi connectivity index (χ3v) is 2.81. The lowest BCUT2D eigenvalue weighted by atomic mass is 9.96. The Morgan fingerprint density at radius 3 is 2.32 bits per heavy atom. The second-order valence-electron chi connectivity index (χ2n) is 6.62. The van der Waals surface area contributed by atoms with Gasteiger partial charge < -0.3 is 4.90 Å². The number of rotatable bonds is 4. The molecule has 0 saturated heterocycles. The molecule has 0 aromatic heterocycles. The molecular weight excluding hydrogens is 291 g/mol. The average molecular weight is 313 g/mol. The van der Waals surface area contributed by atoms with E-state index in [4.69, 9.17) is 0 Å². The standard InChI is InChI=1S/C17H22F3NO/c1-13-6-5-7-14(10-13)8-9-15(22)21(11-16(2,3)4)12-17(18,19)20/h5-10H,11-12H2,1-4H3/b9-8+. The van der Waals surface area contributed by atoms with Gasteiger partial charge >= 0.3 is 6.18 Å². The van der Waals surface area contributed by atoms with Crippen molar-refractivity contribution in [2.45, 2.75) is 33.9 Å². The molecule has 0 bridgehead atoms. The van der Waals surface area contributed by atoms with Gasteiger partial charge in [0, 0.05) is 12.6 Å². The fourth-order valence-electron chi connectivity index (χ4n) is 2.05. The van der Waals surface area contributed by atoms with Crippen LogP contribution >= 0.6 is 0 Å². The van der Waals surface area contributed by atoms with Gasteiger partial charge in [-0.3, -0.25) is 4.79 Å². The molecule has 0 N–H and O–H groups in total. The van der Waals surface area contributed by atoms with Crippen LogP contribution in [0.2, 0.25) is 0 Å². The zero-order chi connectivity index (χ0) is 17.0. The molecule has 122 valence electrons. The van der Waals surface area contributed by atoms with Gasteiger partial charge in [0.25, 0.3) is 0 Å². The molecule has 0 heterocycles. The number of carbonyl (C=O) groups is 1. The van der Waals surface area contributed by atoms with Gasteiger partial charge in [-0.25, -0.2) is 0 Å². The van der Waals surface area contributed by atoms with Crippen molar-refractivity contribution in [3.8, 4) is 0 Å². The average Bonchev–Trinajstić information content (AvgIpc) is 2.31. The maximum atomic E-state index is 12.6. The number of nitrogens with zero attached hydrogens (tertiary/aromatic N) is 1. The van der Waals surface area contributed by atoms with E-state index in [1.165, 1.54) is 6.08 Å². The Balaban J connectivity index is 2.87. The number of carbonyl (C=O) groups excluding carboxylic acids is 1. The number of aryl methyl sites for hydroxylation is 1. The van der Waals surface area contributed by atoms with Crippen LogP contribution in [0.4, 0.5) is 13.2 Å². The number of hydrogen-bond donors (Lipinski definition) is 0. The number of halogens is 3. The Hall–Kier alpha value is -1.78. The molecular formula is C17H22F3NO. The summed E-state index contributed by atoms with van der Waals surface area (Å²) in [7, 11) is 0. The van der Waals surface area contributed by atoms with Crippen LogP contribution in [0.25, 0.3) is 6.08 Å². The fourth-order valence-corrected chi connectivity index (χ4v) is 2.05. The summed E-state index contributed by atoms with van der Waals surface area (Å²) in [5, 5.41) is 0. The first-order valence-electron chi connectivity index (χ1n) is 7.07. The molecule has 0 radical (unpaired) electrons. The quantitative estimate of drug-likeness (QED) is 0.752. The van der Waals surface area contributed by atoms with Crippen LogP contribution in [-0.2, 0) is 4.79 Å². The number of amides is 1. The van der Waals surface area contributed by atoms with Gasteiger partial charge in [-0.1, -0.05) is 50.6 Å². The SMILES string of the molecule is Cc1cccc(/C=C/C(=O)N(CC(C)(C)C)CC(F)(F)F)c1. The van der Waals surface area contributed by atoms with Gasteiger partial charge in [0.2, 0.25) is 5.91 Å². The zero-order valence-corrected chi connectivity index (χ0v) is 13.4. The molecule has 1 amide bonds. The second-order valence-corrected chi connectivity index (χ2v) is 6.62. The number of hydrogen-bond acceptors (Lipinski definition) is 1. The molecule has 1 rings (SSSR count). The molecule has 1 aromatic carbocycles. The highest BCUT2D eigenvalue weighted by Gasteiger charge is 2.34. The van der Waals surface area contributed by atoms with Crippen LogP contribution in [0, 0.1) is 12.3 Å². The summed E-state index contributed by atoms with van der Waals surface area (Å²) in [6.07, 6.45) is -1.66. The number of alkyl halides is 3. The monoisotopic (exact) mass is 313 g/mol. The molecule has 0 fully saturated rings. The Labute approximate surface area is 129 Å². The predicted molar refractivity (Wildman–Crippen MR) is 82.3 cm³/mol. The largest absolute Gasteiger partial charge is 0.406 e. The summed E-state index contributed by atoms with van der Waals surface area (Å²) in [5.41, 5.74) is 1.41. The molecule has 0 aliphatic carbocycles. The first-order valence-corrected chi connectivity index (χ1v) is 7.07. The molecule has 0 atom stereocenters. The van der Waals surface area contributed by atoms with Gasteiger partial charge in [-0.15, -0.1) is 0 Å². The van der Waals surface area contributed by atoms with E-state index >= 15 is 0 Å². The molecule has 2 nitrogen and oxygen atoms in total. The Morgan fingerprint density at radius 2 is 1.82 bits per heavy atom. The van der Waals surface area contributed by atoms with Crippen molar-refractivity contribution >= 4 is 12.0 Å². The molecule has 0 spiro atoms. The lowest BCUT2D eigenvalue weighted by Crippen LogP contribution is -2.42. The van der Waals surface area contributed by atoms with Crippen molar-refractivity contribution in [2.75, 3.05) is 13.1 Å². The molecule has 5 heteroatoms. The van der Waals surface area contributed by atoms with E-state index in [1.807, 2.05) is 25.1 Å². The molecule has 0 aliphatic heterocycles. The van der Waals surface area contributed by atoms with Crippen LogP contribution in [0.1, 0.15) is 31.9 Å². The van der Waals surface area contributed by atoms with E-state index in [0.717, 1.165) is 16.0 Å². The van der Waals surface area contributed by atoms with E-state index in [2.05, 4.69) is 0 Å². The van der Waals surface area contributed by atoms with E-state index in [-0.39, 0.29) is 6.54 Å². The van der Waals surface area contributed by atoms with Gasteiger partial charge in [0.05, 0.1) is 0 Å². The highest BCUT2D eigenvalue weighted by atomic mass is 19.4. The van der Waals surface area contributed by atoms with Crippen LogP contribution in [-0.4, -0.2) is 30.1 Å². The highest BCUT2D eigenvalue weighted by Crippen LogP contribution is 2.21. The summed E-state index contributed by atoms with van der Waals surface area (Å²) < 4.78 is 37.9. The normalized spacial score (nSPS) is 12.7. The van der Waals surface area contributed by atoms with E-state index in [9.17, 15) is 18.0 Å². The molecule has 0 saturated carbocycles. The first kappa shape index (κ1) is 18.3. The fraction of sp³-hybridized carbons (Fsp3) is 0.471. The molecule has 22 heavy (non-hydrogen) atoms. The van der Waals surface area contributed by atoms with E-state index < -0.39 is 24.0 Å². The topological polar surface area (TPSA) is 20.3 Å². The summed E-state index contributed by atoms with van der Waals surface area (Å²) in [6, 6.07) is 7.41. The smallest absolute Gasteiger partial charge is 0.330 e. The van der Waals surface area contributed by atoms with Gasteiger partial charge in [-0.2, -0.15) is 13.2 Å². The minimum atomic E-state index is -4.40. The Bertz CT molecular complexity index is 526. The summed E-state index contributed by atoms with van der Waals surface area (Å²) in [4.78, 5) is 12.9. The predicted octanol–water partition coefficient (Wildman–Crippen LogP) is 4.45. The van der Waals surface area contributed by atoms with Crippen LogP contribution < -0.4 is 0 Å². The van der Waals surface area contributed by atoms with Crippen LogP contribution in [0.3, 0.4) is 0 Å². The zero-order valence-electron chi connectivity index (χ0n) is 13.4. The third kappa shape index (κ3) is 7.29. The van der Waals surface area contributed by atoms with Crippen molar-refractivity contribution in [1.82, 2.24) is 4.90 Å². The third-order valence-electron chi connectivity index (χ3n) is 2.81. The van der Waals surface area contributed by atoms with Crippen molar-refractivity contribution in [3.05, 3.63) is 41.5 Å².